The zero-order valence-electron chi connectivity index (χ0n) is 11.6. The Morgan fingerprint density at radius 1 is 1.21 bits per heavy atom. The lowest BCUT2D eigenvalue weighted by Crippen LogP contribution is -2.09. The van der Waals surface area contributed by atoms with Crippen LogP contribution in [0.25, 0.3) is 0 Å². The first kappa shape index (κ1) is 17.5. The number of nitrogens with one attached hydrogen (secondary N) is 2. The Labute approximate surface area is 134 Å². The summed E-state index contributed by atoms with van der Waals surface area (Å²) in [6.07, 6.45) is -3.34. The first-order chi connectivity index (χ1) is 11.1. The molecule has 1 heterocycles. The summed E-state index contributed by atoms with van der Waals surface area (Å²) in [6, 6.07) is 0.419. The number of H-pyrrole nitrogens is 1. The molecular weight excluding hydrogens is 357 g/mol. The molecule has 14 heteroatoms. The minimum atomic E-state index is -4.98. The number of hydrogen-bond acceptors (Lipinski definition) is 8. The Morgan fingerprint density at radius 3 is 2.12 bits per heavy atom. The van der Waals surface area contributed by atoms with Crippen molar-refractivity contribution < 1.29 is 23.0 Å². The Kier molecular flexibility index (Phi) is 4.59. The molecule has 0 atom stereocenters. The van der Waals surface area contributed by atoms with Crippen LogP contribution in [0.4, 0.5) is 36.2 Å². The van der Waals surface area contributed by atoms with Crippen LogP contribution in [-0.2, 0) is 6.18 Å². The van der Waals surface area contributed by atoms with Crippen LogP contribution >= 0.6 is 11.8 Å². The predicted octanol–water partition coefficient (Wildman–Crippen LogP) is 3.11. The van der Waals surface area contributed by atoms with Crippen LogP contribution in [0.1, 0.15) is 5.56 Å². The highest BCUT2D eigenvalue weighted by Gasteiger charge is 2.37. The number of benzene rings is 1. The molecule has 0 spiro atoms. The Balaban J connectivity index is 2.63. The van der Waals surface area contributed by atoms with Crippen molar-refractivity contribution in [2.45, 2.75) is 11.3 Å². The number of anilines is 2. The highest BCUT2D eigenvalue weighted by Crippen LogP contribution is 2.42. The van der Waals surface area contributed by atoms with Gasteiger partial charge in [-0.1, -0.05) is 11.8 Å². The topological polar surface area (TPSA) is 140 Å². The Bertz CT molecular complexity index is 773. The summed E-state index contributed by atoms with van der Waals surface area (Å²) >= 11 is 1.12. The van der Waals surface area contributed by atoms with Gasteiger partial charge in [0.1, 0.15) is 0 Å². The highest BCUT2D eigenvalue weighted by atomic mass is 32.2. The molecule has 0 unspecified atom stereocenters. The maximum Gasteiger partial charge on any atom is 0.416 e. The van der Waals surface area contributed by atoms with Crippen molar-refractivity contribution in [1.82, 2.24) is 15.2 Å². The number of halogens is 3. The molecule has 1 aromatic carbocycles. The summed E-state index contributed by atoms with van der Waals surface area (Å²) in [6.45, 7) is 0. The summed E-state index contributed by atoms with van der Waals surface area (Å²) < 4.78 is 38.4. The summed E-state index contributed by atoms with van der Waals surface area (Å²) in [5.41, 5.74) is -4.46. The molecule has 0 fully saturated rings. The van der Waals surface area contributed by atoms with Crippen molar-refractivity contribution in [3.8, 4) is 0 Å². The Hall–Kier alpha value is -2.90. The maximum atomic E-state index is 12.8. The van der Waals surface area contributed by atoms with Crippen molar-refractivity contribution in [2.24, 2.45) is 0 Å². The molecular formula is C10H7F3N6O4S. The van der Waals surface area contributed by atoms with E-state index in [1.54, 1.807) is 6.26 Å². The first-order valence-corrected chi connectivity index (χ1v) is 7.13. The molecule has 0 aliphatic rings. The number of thioether (sulfide) groups is 1. The second-order valence-corrected chi connectivity index (χ2v) is 4.97. The van der Waals surface area contributed by atoms with E-state index >= 15 is 0 Å². The zero-order valence-corrected chi connectivity index (χ0v) is 12.4. The number of rotatable bonds is 5. The fourth-order valence-electron chi connectivity index (χ4n) is 1.70. The van der Waals surface area contributed by atoms with Gasteiger partial charge in [0.15, 0.2) is 5.69 Å². The van der Waals surface area contributed by atoms with Crippen molar-refractivity contribution in [1.29, 1.82) is 0 Å². The van der Waals surface area contributed by atoms with E-state index < -0.39 is 38.6 Å². The molecule has 24 heavy (non-hydrogen) atoms. The molecule has 2 N–H and O–H groups in total. The fourth-order valence-corrected chi connectivity index (χ4v) is 2.02. The van der Waals surface area contributed by atoms with Crippen LogP contribution < -0.4 is 5.32 Å². The molecule has 2 aromatic rings. The molecule has 0 saturated carbocycles. The molecule has 128 valence electrons. The number of nitrogens with zero attached hydrogens (tertiary/aromatic N) is 4. The van der Waals surface area contributed by atoms with Gasteiger partial charge in [0.05, 0.1) is 15.4 Å². The lowest BCUT2D eigenvalue weighted by molar-refractivity contribution is -0.392. The van der Waals surface area contributed by atoms with Gasteiger partial charge in [-0.2, -0.15) is 18.2 Å². The third-order valence-electron chi connectivity index (χ3n) is 2.71. The number of nitro benzene ring substituents is 2. The van der Waals surface area contributed by atoms with Crippen LogP contribution in [0.2, 0.25) is 0 Å². The standard InChI is InChI=1S/C10H7F3N6O4S/c1-24-9-15-8(16-17-9)14-7-5(18(20)21)2-4(10(11,12)13)3-6(7)19(22)23/h2-3H,1H3,(H2,14,15,16,17). The van der Waals surface area contributed by atoms with Crippen LogP contribution in [0, 0.1) is 20.2 Å². The van der Waals surface area contributed by atoms with E-state index in [2.05, 4.69) is 20.5 Å². The van der Waals surface area contributed by atoms with Crippen molar-refractivity contribution >= 4 is 34.8 Å². The van der Waals surface area contributed by atoms with Gasteiger partial charge in [-0.25, -0.2) is 5.10 Å². The third kappa shape index (κ3) is 3.53. The number of hydrogen-bond donors (Lipinski definition) is 2. The first-order valence-electron chi connectivity index (χ1n) is 5.91. The van der Waals surface area contributed by atoms with E-state index in [9.17, 15) is 33.4 Å². The number of nitro groups is 2. The SMILES string of the molecule is CSc1n[nH]c(Nc2c([N+](=O)[O-])cc(C(F)(F)F)cc2[N+](=O)[O-])n1. The van der Waals surface area contributed by atoms with Gasteiger partial charge < -0.3 is 5.32 Å². The molecule has 0 radical (unpaired) electrons. The monoisotopic (exact) mass is 364 g/mol. The number of alkyl halides is 3. The molecule has 0 bridgehead atoms. The van der Waals surface area contributed by atoms with Crippen LogP contribution in [0.5, 0.6) is 0 Å². The molecule has 0 saturated heterocycles. The van der Waals surface area contributed by atoms with E-state index in [1.165, 1.54) is 0 Å². The highest BCUT2D eigenvalue weighted by molar-refractivity contribution is 7.98. The number of aromatic nitrogens is 3. The molecule has 0 aliphatic carbocycles. The maximum absolute atomic E-state index is 12.8. The van der Waals surface area contributed by atoms with E-state index in [-0.39, 0.29) is 23.2 Å². The number of aromatic amines is 1. The minimum absolute atomic E-state index is 0.190. The van der Waals surface area contributed by atoms with Crippen LogP contribution in [-0.4, -0.2) is 31.3 Å². The smallest absolute Gasteiger partial charge is 0.313 e. The van der Waals surface area contributed by atoms with Gasteiger partial charge in [-0.3, -0.25) is 20.2 Å². The minimum Gasteiger partial charge on any atom is -0.313 e. The van der Waals surface area contributed by atoms with Crippen molar-refractivity contribution in [2.75, 3.05) is 11.6 Å². The van der Waals surface area contributed by atoms with E-state index in [0.717, 1.165) is 11.8 Å². The van der Waals surface area contributed by atoms with Crippen LogP contribution in [0.3, 0.4) is 0 Å². The average Bonchev–Trinajstić information content (AvgIpc) is 2.93. The summed E-state index contributed by atoms with van der Waals surface area (Å²) in [7, 11) is 0. The van der Waals surface area contributed by atoms with Gasteiger partial charge in [-0.05, 0) is 6.26 Å². The predicted molar refractivity (Wildman–Crippen MR) is 76.2 cm³/mol. The van der Waals surface area contributed by atoms with Crippen molar-refractivity contribution in [3.63, 3.8) is 0 Å². The zero-order chi connectivity index (χ0) is 18.1. The van der Waals surface area contributed by atoms with E-state index in [4.69, 9.17) is 0 Å². The molecule has 0 aliphatic heterocycles. The summed E-state index contributed by atoms with van der Waals surface area (Å²) in [5.74, 6) is -0.190. The molecule has 2 rings (SSSR count). The van der Waals surface area contributed by atoms with E-state index in [1.807, 2.05) is 0 Å². The lowest BCUT2D eigenvalue weighted by Gasteiger charge is -2.10. The second kappa shape index (κ2) is 6.31. The lowest BCUT2D eigenvalue weighted by atomic mass is 10.1. The van der Waals surface area contributed by atoms with Gasteiger partial charge >= 0.3 is 17.6 Å². The van der Waals surface area contributed by atoms with Gasteiger partial charge in [0.25, 0.3) is 0 Å². The summed E-state index contributed by atoms with van der Waals surface area (Å²) in [5, 5.41) is 30.6. The fraction of sp³-hybridized carbons (Fsp3) is 0.200. The molecule has 0 amide bonds. The van der Waals surface area contributed by atoms with Gasteiger partial charge in [-0.15, -0.1) is 5.10 Å². The quantitative estimate of drug-likeness (QED) is 0.468. The third-order valence-corrected chi connectivity index (χ3v) is 3.26. The normalized spacial score (nSPS) is 11.3. The summed E-state index contributed by atoms with van der Waals surface area (Å²) in [4.78, 5) is 23.6. The van der Waals surface area contributed by atoms with Gasteiger partial charge in [0.2, 0.25) is 11.1 Å². The molecule has 1 aromatic heterocycles. The second-order valence-electron chi connectivity index (χ2n) is 4.20. The van der Waals surface area contributed by atoms with E-state index in [0.29, 0.717) is 0 Å². The van der Waals surface area contributed by atoms with Crippen molar-refractivity contribution in [3.05, 3.63) is 37.9 Å². The van der Waals surface area contributed by atoms with Crippen LogP contribution in [0.15, 0.2) is 17.3 Å². The molecule has 10 nitrogen and oxygen atoms in total. The average molecular weight is 364 g/mol. The van der Waals surface area contributed by atoms with Gasteiger partial charge in [0, 0.05) is 12.1 Å². The largest absolute Gasteiger partial charge is 0.416 e. The Morgan fingerprint density at radius 2 is 1.75 bits per heavy atom.